The van der Waals surface area contributed by atoms with Gasteiger partial charge in [-0.15, -0.1) is 11.3 Å². The molecule has 1 unspecified atom stereocenters. The number of carbonyl (C=O) groups excluding carboxylic acids is 2. The van der Waals surface area contributed by atoms with Crippen LogP contribution < -0.4 is 10.1 Å². The molecule has 0 saturated carbocycles. The molecule has 7 rings (SSSR count). The normalized spacial score (nSPS) is 15.7. The highest BCUT2D eigenvalue weighted by molar-refractivity contribution is 7.18. The van der Waals surface area contributed by atoms with E-state index in [-0.39, 0.29) is 48.8 Å². The lowest BCUT2D eigenvalue weighted by molar-refractivity contribution is -0.129. The number of thiophene rings is 1. The Kier molecular flexibility index (Phi) is 8.02. The van der Waals surface area contributed by atoms with Crippen LogP contribution in [0.2, 0.25) is 0 Å². The highest BCUT2D eigenvalue weighted by atomic mass is 32.1. The van der Waals surface area contributed by atoms with Crippen LogP contribution in [-0.2, 0) is 40.4 Å². The van der Waals surface area contributed by atoms with Crippen LogP contribution in [0.1, 0.15) is 23.9 Å². The second kappa shape index (κ2) is 12.3. The fourth-order valence-electron chi connectivity index (χ4n) is 6.14. The smallest absolute Gasteiger partial charge is 0.246 e. The van der Waals surface area contributed by atoms with Gasteiger partial charge in [-0.3, -0.25) is 19.3 Å². The second-order valence-electron chi connectivity index (χ2n) is 11.5. The van der Waals surface area contributed by atoms with Crippen LogP contribution in [0.25, 0.3) is 43.9 Å². The lowest BCUT2D eigenvalue weighted by atomic mass is 9.96. The van der Waals surface area contributed by atoms with E-state index in [0.717, 1.165) is 28.8 Å². The topological polar surface area (TPSA) is 111 Å². The maximum absolute atomic E-state index is 16.0. The maximum atomic E-state index is 16.0. The second-order valence-corrected chi connectivity index (χ2v) is 12.4. The molecule has 1 aromatic carbocycles. The van der Waals surface area contributed by atoms with Crippen LogP contribution in [-0.4, -0.2) is 62.8 Å². The van der Waals surface area contributed by atoms with Crippen LogP contribution in [0.15, 0.2) is 54.6 Å². The van der Waals surface area contributed by atoms with Crippen molar-refractivity contribution in [2.45, 2.75) is 39.0 Å². The monoisotopic (exact) mass is 656 g/mol. The lowest BCUT2D eigenvalue weighted by Crippen LogP contribution is -2.44. The number of ether oxygens (including phenoxy) is 2. The number of fused-ring (bicyclic) bond motifs is 3. The molecule has 5 aromatic rings. The van der Waals surface area contributed by atoms with Crippen LogP contribution in [0.4, 0.5) is 8.78 Å². The third-order valence-corrected chi connectivity index (χ3v) is 9.36. The number of hydrogen-bond donors (Lipinski definition) is 1. The predicted octanol–water partition coefficient (Wildman–Crippen LogP) is 5.28. The van der Waals surface area contributed by atoms with Gasteiger partial charge in [0, 0.05) is 59.2 Å². The summed E-state index contributed by atoms with van der Waals surface area (Å²) in [5.41, 5.74) is 4.95. The molecule has 2 aliphatic heterocycles. The summed E-state index contributed by atoms with van der Waals surface area (Å²) in [6.45, 7) is 6.96. The van der Waals surface area contributed by atoms with E-state index in [4.69, 9.17) is 19.6 Å². The van der Waals surface area contributed by atoms with Gasteiger partial charge in [-0.05, 0) is 42.1 Å². The molecular weight excluding hydrogens is 626 g/mol. The number of amides is 2. The van der Waals surface area contributed by atoms with E-state index in [2.05, 4.69) is 16.9 Å². The largest absolute Gasteiger partial charge is 0.490 e. The first-order chi connectivity index (χ1) is 22.7. The molecule has 0 spiro atoms. The van der Waals surface area contributed by atoms with E-state index >= 15 is 4.39 Å². The number of nitrogens with one attached hydrogen (secondary N) is 1. The van der Waals surface area contributed by atoms with Crippen molar-refractivity contribution in [1.29, 1.82) is 0 Å². The van der Waals surface area contributed by atoms with Crippen molar-refractivity contribution in [3.05, 3.63) is 83.1 Å². The Morgan fingerprint density at radius 3 is 2.85 bits per heavy atom. The summed E-state index contributed by atoms with van der Waals surface area (Å²) in [5.74, 6) is -1.85. The Hall–Kier alpha value is -5.01. The molecule has 0 fully saturated rings. The fraction of sp³-hybridized carbons (Fsp3) is 0.265. The predicted molar refractivity (Wildman–Crippen MR) is 173 cm³/mol. The molecule has 240 valence electrons. The van der Waals surface area contributed by atoms with Crippen molar-refractivity contribution >= 4 is 33.2 Å². The zero-order valence-corrected chi connectivity index (χ0v) is 26.5. The average Bonchev–Trinajstić information content (AvgIpc) is 3.71. The molecule has 47 heavy (non-hydrogen) atoms. The standard InChI is InChI=1S/C34H30F2N6O4S/c1-4-29(44)41-17-22-12-26(40-42(22)16-18(41)2)33-31(30-24(36)10-21(35)11-27(30)46-7-6-45-3)34-23(5-8-47-34)32(39-33)20-9-19-14-38-28(43)13-25(19)37-15-20/h4-5,8-12,15,18H,1,6-7,13-14,16-17H2,2-3H3,(H,38,43). The quantitative estimate of drug-likeness (QED) is 0.179. The molecule has 0 bridgehead atoms. The Balaban J connectivity index is 1.47. The molecule has 0 radical (unpaired) electrons. The average molecular weight is 657 g/mol. The van der Waals surface area contributed by atoms with Crippen molar-refractivity contribution in [1.82, 2.24) is 30.0 Å². The van der Waals surface area contributed by atoms with Gasteiger partial charge >= 0.3 is 0 Å². The van der Waals surface area contributed by atoms with Crippen LogP contribution in [0.5, 0.6) is 5.75 Å². The molecule has 0 aliphatic carbocycles. The number of halogens is 2. The Labute approximate surface area is 272 Å². The van der Waals surface area contributed by atoms with Crippen molar-refractivity contribution in [2.75, 3.05) is 20.3 Å². The van der Waals surface area contributed by atoms with Gasteiger partial charge in [-0.2, -0.15) is 5.10 Å². The Bertz CT molecular complexity index is 2080. The summed E-state index contributed by atoms with van der Waals surface area (Å²) in [6.07, 6.45) is 3.18. The van der Waals surface area contributed by atoms with E-state index in [1.165, 1.54) is 24.5 Å². The minimum atomic E-state index is -0.811. The van der Waals surface area contributed by atoms with Crippen molar-refractivity contribution in [3.8, 4) is 39.5 Å². The van der Waals surface area contributed by atoms with E-state index in [0.29, 0.717) is 58.2 Å². The fourth-order valence-corrected chi connectivity index (χ4v) is 7.09. The van der Waals surface area contributed by atoms with Gasteiger partial charge in [0.1, 0.15) is 35.4 Å². The number of aromatic nitrogens is 4. The Morgan fingerprint density at radius 1 is 1.19 bits per heavy atom. The molecule has 2 aliphatic rings. The molecule has 4 aromatic heterocycles. The van der Waals surface area contributed by atoms with Crippen LogP contribution >= 0.6 is 11.3 Å². The third-order valence-electron chi connectivity index (χ3n) is 8.42. The number of pyridine rings is 2. The van der Waals surface area contributed by atoms with E-state index in [9.17, 15) is 14.0 Å². The van der Waals surface area contributed by atoms with Crippen LogP contribution in [0, 0.1) is 11.6 Å². The summed E-state index contributed by atoms with van der Waals surface area (Å²) in [7, 11) is 1.51. The van der Waals surface area contributed by atoms with E-state index in [1.54, 1.807) is 11.1 Å². The van der Waals surface area contributed by atoms with Gasteiger partial charge in [0.05, 0.1) is 48.8 Å². The van der Waals surface area contributed by atoms with Gasteiger partial charge < -0.3 is 19.7 Å². The molecule has 13 heteroatoms. The third kappa shape index (κ3) is 5.55. The first-order valence-electron chi connectivity index (χ1n) is 15.0. The zero-order valence-electron chi connectivity index (χ0n) is 25.7. The highest BCUT2D eigenvalue weighted by Crippen LogP contribution is 2.47. The van der Waals surface area contributed by atoms with Gasteiger partial charge in [-0.25, -0.2) is 13.8 Å². The number of rotatable bonds is 8. The van der Waals surface area contributed by atoms with Crippen molar-refractivity contribution < 1.29 is 27.8 Å². The molecule has 1 atom stereocenters. The van der Waals surface area contributed by atoms with Crippen molar-refractivity contribution in [2.24, 2.45) is 0 Å². The van der Waals surface area contributed by atoms with E-state index in [1.807, 2.05) is 35.2 Å². The summed E-state index contributed by atoms with van der Waals surface area (Å²) in [4.78, 5) is 36.0. The molecule has 10 nitrogen and oxygen atoms in total. The number of methoxy groups -OCH3 is 1. The number of hydrogen-bond acceptors (Lipinski definition) is 8. The molecular formula is C34H30F2N6O4S. The molecule has 0 saturated heterocycles. The lowest BCUT2D eigenvalue weighted by Gasteiger charge is -2.33. The minimum absolute atomic E-state index is 0.0107. The maximum Gasteiger partial charge on any atom is 0.246 e. The van der Waals surface area contributed by atoms with Crippen molar-refractivity contribution in [3.63, 3.8) is 0 Å². The summed E-state index contributed by atoms with van der Waals surface area (Å²) >= 11 is 1.39. The number of benzene rings is 1. The first kappa shape index (κ1) is 30.6. The summed E-state index contributed by atoms with van der Waals surface area (Å²) < 4.78 is 44.2. The molecule has 1 N–H and O–H groups in total. The molecule has 2 amide bonds. The number of nitrogens with zero attached hydrogens (tertiary/aromatic N) is 5. The Morgan fingerprint density at radius 2 is 2.04 bits per heavy atom. The summed E-state index contributed by atoms with van der Waals surface area (Å²) in [5, 5.41) is 10.4. The van der Waals surface area contributed by atoms with Gasteiger partial charge in [0.2, 0.25) is 11.8 Å². The van der Waals surface area contributed by atoms with Crippen LogP contribution in [0.3, 0.4) is 0 Å². The van der Waals surface area contributed by atoms with Gasteiger partial charge in [0.15, 0.2) is 0 Å². The highest BCUT2D eigenvalue weighted by Gasteiger charge is 2.31. The SMILES string of the molecule is C=CC(=O)N1Cc2cc(-c3nc(-c4cnc5c(c4)CNC(=O)C5)c4ccsc4c3-c3c(F)cc(F)cc3OCCOC)nn2CC1C. The molecule has 6 heterocycles. The van der Waals surface area contributed by atoms with Gasteiger partial charge in [0.25, 0.3) is 0 Å². The van der Waals surface area contributed by atoms with E-state index < -0.39 is 11.6 Å². The zero-order chi connectivity index (χ0) is 32.8. The first-order valence-corrected chi connectivity index (χ1v) is 15.9. The van der Waals surface area contributed by atoms with Gasteiger partial charge in [-0.1, -0.05) is 6.58 Å². The minimum Gasteiger partial charge on any atom is -0.490 e. The summed E-state index contributed by atoms with van der Waals surface area (Å²) in [6, 6.07) is 7.56. The number of carbonyl (C=O) groups is 2.